The summed E-state index contributed by atoms with van der Waals surface area (Å²) in [5.74, 6) is 1.89. The predicted molar refractivity (Wildman–Crippen MR) is 64.2 cm³/mol. The molecule has 2 rings (SSSR count). The van der Waals surface area contributed by atoms with Crippen LogP contribution in [-0.4, -0.2) is 0 Å². The lowest BCUT2D eigenvalue weighted by atomic mass is 9.61. The molecule has 0 atom stereocenters. The van der Waals surface area contributed by atoms with E-state index in [-0.39, 0.29) is 0 Å². The fourth-order valence-electron chi connectivity index (χ4n) is 3.47. The summed E-state index contributed by atoms with van der Waals surface area (Å²) in [6.45, 7) is 5.03. The van der Waals surface area contributed by atoms with Gasteiger partial charge in [-0.1, -0.05) is 13.8 Å². The Morgan fingerprint density at radius 2 is 1.07 bits per heavy atom. The normalized spacial score (nSPS) is 26.8. The highest BCUT2D eigenvalue weighted by Gasteiger charge is 2.37. The van der Waals surface area contributed by atoms with Crippen molar-refractivity contribution in [1.29, 1.82) is 0 Å². The Bertz CT molecular complexity index is 160. The van der Waals surface area contributed by atoms with Crippen molar-refractivity contribution < 1.29 is 0 Å². The van der Waals surface area contributed by atoms with Crippen LogP contribution in [0.5, 0.6) is 0 Å². The third-order valence-corrected chi connectivity index (χ3v) is 4.78. The maximum atomic E-state index is 3.48. The molecule has 0 N–H and O–H groups in total. The molecule has 15 heavy (non-hydrogen) atoms. The summed E-state index contributed by atoms with van der Waals surface area (Å²) in [5.41, 5.74) is 0.560. The third-order valence-electron chi connectivity index (χ3n) is 4.78. The quantitative estimate of drug-likeness (QED) is 0.618. The molecular weight excluding hydrogens is 180 g/mol. The highest BCUT2D eigenvalue weighted by atomic mass is 14.4. The molecule has 2 aliphatic carbocycles. The Morgan fingerprint density at radius 1 is 0.733 bits per heavy atom. The molecule has 0 heteroatoms. The van der Waals surface area contributed by atoms with Gasteiger partial charge in [0.2, 0.25) is 0 Å². The minimum Gasteiger partial charge on any atom is -0.0594 e. The maximum Gasteiger partial charge on any atom is -0.0173 e. The van der Waals surface area contributed by atoms with Gasteiger partial charge in [-0.2, -0.15) is 0 Å². The van der Waals surface area contributed by atoms with E-state index in [0.29, 0.717) is 5.41 Å². The van der Waals surface area contributed by atoms with Gasteiger partial charge in [0.1, 0.15) is 0 Å². The predicted octanol–water partition coefficient (Wildman–Crippen LogP) is 4.56. The first kappa shape index (κ1) is 11.5. The lowest BCUT2D eigenvalue weighted by Crippen LogP contribution is -2.35. The van der Waals surface area contributed by atoms with Gasteiger partial charge in [-0.25, -0.2) is 0 Å². The summed E-state index contributed by atoms with van der Waals surface area (Å²) in [6, 6.07) is 0. The fourth-order valence-corrected chi connectivity index (χ4v) is 3.47. The van der Waals surface area contributed by atoms with Gasteiger partial charge in [-0.3, -0.25) is 0 Å². The number of hydrogen-bond acceptors (Lipinski definition) is 0. The van der Waals surface area contributed by atoms with Gasteiger partial charge < -0.3 is 0 Å². The van der Waals surface area contributed by atoms with Crippen LogP contribution in [0, 0.1) is 30.1 Å². The summed E-state index contributed by atoms with van der Waals surface area (Å²) >= 11 is 0. The van der Waals surface area contributed by atoms with Crippen LogP contribution in [-0.2, 0) is 0 Å². The van der Waals surface area contributed by atoms with E-state index in [1.165, 1.54) is 51.4 Å². The Kier molecular flexibility index (Phi) is 3.74. The van der Waals surface area contributed by atoms with E-state index >= 15 is 0 Å². The van der Waals surface area contributed by atoms with Gasteiger partial charge in [-0.05, 0) is 81.5 Å². The fraction of sp³-hybridized carbons (Fsp3) is 0.867. The summed E-state index contributed by atoms with van der Waals surface area (Å²) < 4.78 is 0. The summed E-state index contributed by atoms with van der Waals surface area (Å²) in [7, 11) is 0. The maximum absolute atomic E-state index is 3.48. The molecule has 2 saturated carbocycles. The van der Waals surface area contributed by atoms with Gasteiger partial charge in [0.15, 0.2) is 0 Å². The number of rotatable bonds is 2. The van der Waals surface area contributed by atoms with Crippen molar-refractivity contribution in [3.05, 3.63) is 12.8 Å². The molecule has 2 fully saturated rings. The van der Waals surface area contributed by atoms with Crippen LogP contribution in [0.1, 0.15) is 65.2 Å². The molecule has 4 radical (unpaired) electrons. The summed E-state index contributed by atoms with van der Waals surface area (Å²) in [5, 5.41) is 0. The molecule has 0 heterocycles. The van der Waals surface area contributed by atoms with Gasteiger partial charge in [0, 0.05) is 0 Å². The monoisotopic (exact) mass is 204 g/mol. The van der Waals surface area contributed by atoms with Crippen molar-refractivity contribution in [3.63, 3.8) is 0 Å². The molecule has 84 valence electrons. The second-order valence-electron chi connectivity index (χ2n) is 5.87. The molecule has 0 bridgehead atoms. The summed E-state index contributed by atoms with van der Waals surface area (Å²) in [4.78, 5) is 0. The first-order chi connectivity index (χ1) is 7.21. The Labute approximate surface area is 95.8 Å². The average molecular weight is 204 g/mol. The van der Waals surface area contributed by atoms with Crippen LogP contribution in [0.3, 0.4) is 0 Å². The largest absolute Gasteiger partial charge is 0.0594 e. The minimum atomic E-state index is 0.560. The molecule has 0 aromatic carbocycles. The zero-order valence-electron chi connectivity index (χ0n) is 10.3. The average Bonchev–Trinajstić information content (AvgIpc) is 2.31. The van der Waals surface area contributed by atoms with E-state index in [1.807, 2.05) is 0 Å². The molecule has 0 unspecified atom stereocenters. The van der Waals surface area contributed by atoms with Crippen LogP contribution < -0.4 is 0 Å². The molecule has 0 nitrogen and oxygen atoms in total. The highest BCUT2D eigenvalue weighted by molar-refractivity contribution is 4.92. The Balaban J connectivity index is 1.96. The van der Waals surface area contributed by atoms with E-state index in [1.54, 1.807) is 0 Å². The van der Waals surface area contributed by atoms with E-state index in [9.17, 15) is 0 Å². The lowest BCUT2D eigenvalue weighted by molar-refractivity contribution is 0.0715. The second-order valence-corrected chi connectivity index (χ2v) is 5.87. The van der Waals surface area contributed by atoms with Crippen LogP contribution in [0.15, 0.2) is 0 Å². The first-order valence-corrected chi connectivity index (χ1v) is 6.62. The topological polar surface area (TPSA) is 0 Å². The van der Waals surface area contributed by atoms with E-state index < -0.39 is 0 Å². The molecule has 0 aromatic rings. The smallest absolute Gasteiger partial charge is 0.0173 e. The summed E-state index contributed by atoms with van der Waals surface area (Å²) in [6.07, 6.45) is 17.4. The SMILES string of the molecule is CC(C)(C1CC[C]CC1)C1CC[C]CC1. The Morgan fingerprint density at radius 3 is 1.40 bits per heavy atom. The van der Waals surface area contributed by atoms with Crippen LogP contribution in [0.4, 0.5) is 0 Å². The van der Waals surface area contributed by atoms with E-state index in [4.69, 9.17) is 0 Å². The lowest BCUT2D eigenvalue weighted by Gasteiger charge is -2.44. The molecule has 0 aromatic heterocycles. The second kappa shape index (κ2) is 4.89. The van der Waals surface area contributed by atoms with Crippen LogP contribution in [0.2, 0.25) is 0 Å². The molecule has 0 saturated heterocycles. The molecule has 0 spiro atoms. The third kappa shape index (κ3) is 2.57. The first-order valence-electron chi connectivity index (χ1n) is 6.62. The van der Waals surface area contributed by atoms with Crippen molar-refractivity contribution >= 4 is 0 Å². The van der Waals surface area contributed by atoms with Gasteiger partial charge in [0.25, 0.3) is 0 Å². The van der Waals surface area contributed by atoms with Crippen molar-refractivity contribution in [1.82, 2.24) is 0 Å². The zero-order chi connectivity index (χ0) is 10.7. The van der Waals surface area contributed by atoms with Gasteiger partial charge in [-0.15, -0.1) is 0 Å². The molecule has 0 aliphatic heterocycles. The molecular formula is C15H24. The standard InChI is InChI=1S/C15H24/c1-15(2,13-9-5-3-6-10-13)14-11-7-4-8-12-14/h13-14H,5-12H2,1-2H3. The van der Waals surface area contributed by atoms with E-state index in [2.05, 4.69) is 26.7 Å². The van der Waals surface area contributed by atoms with Crippen molar-refractivity contribution in [3.8, 4) is 0 Å². The van der Waals surface area contributed by atoms with Crippen LogP contribution >= 0.6 is 0 Å². The molecule has 2 aliphatic rings. The van der Waals surface area contributed by atoms with E-state index in [0.717, 1.165) is 11.8 Å². The van der Waals surface area contributed by atoms with Crippen molar-refractivity contribution in [2.45, 2.75) is 65.2 Å². The minimum absolute atomic E-state index is 0.560. The highest BCUT2D eigenvalue weighted by Crippen LogP contribution is 2.47. The van der Waals surface area contributed by atoms with Crippen molar-refractivity contribution in [2.24, 2.45) is 17.3 Å². The van der Waals surface area contributed by atoms with Crippen molar-refractivity contribution in [2.75, 3.05) is 0 Å². The molecule has 0 amide bonds. The number of hydrogen-bond donors (Lipinski definition) is 0. The Hall–Kier alpha value is 0. The van der Waals surface area contributed by atoms with Gasteiger partial charge in [0.05, 0.1) is 0 Å². The van der Waals surface area contributed by atoms with Gasteiger partial charge >= 0.3 is 0 Å². The van der Waals surface area contributed by atoms with Crippen LogP contribution in [0.25, 0.3) is 0 Å². The zero-order valence-corrected chi connectivity index (χ0v) is 10.3.